The Morgan fingerprint density at radius 3 is 2.24 bits per heavy atom. The quantitative estimate of drug-likeness (QED) is 0.160. The van der Waals surface area contributed by atoms with E-state index in [9.17, 15) is 31.9 Å². The Balaban J connectivity index is 2.02. The highest BCUT2D eigenvalue weighted by atomic mass is 32.2. The molecule has 0 fully saturated rings. The predicted molar refractivity (Wildman–Crippen MR) is 166 cm³/mol. The first-order chi connectivity index (χ1) is 21.4. The van der Waals surface area contributed by atoms with Crippen LogP contribution in [0.3, 0.4) is 0 Å². The van der Waals surface area contributed by atoms with Gasteiger partial charge in [0.05, 0.1) is 17.6 Å². The van der Waals surface area contributed by atoms with E-state index in [1.54, 1.807) is 6.07 Å². The van der Waals surface area contributed by atoms with Crippen LogP contribution in [0, 0.1) is 11.6 Å². The van der Waals surface area contributed by atoms with Crippen molar-refractivity contribution in [2.75, 3.05) is 26.2 Å². The number of nitrogens with one attached hydrogen (secondary N) is 2. The molecule has 6 N–H and O–H groups in total. The van der Waals surface area contributed by atoms with Crippen LogP contribution in [-0.4, -0.2) is 73.7 Å². The molecular formula is C32H40F2N4O6S. The van der Waals surface area contributed by atoms with Crippen molar-refractivity contribution in [1.29, 1.82) is 0 Å². The SMILES string of the molecule is CCCNC(=O)c1cc(C(=O)N(Cc2cccc(CC)c2)C[C@@H](O)[C@@H](N)Cc2cc(F)cc(F)c2)cc(S(=O)(=O)NCCO)c1. The van der Waals surface area contributed by atoms with E-state index in [2.05, 4.69) is 10.0 Å². The number of sulfonamides is 1. The molecule has 10 nitrogen and oxygen atoms in total. The Morgan fingerprint density at radius 2 is 1.60 bits per heavy atom. The second-order valence-corrected chi connectivity index (χ2v) is 12.5. The van der Waals surface area contributed by atoms with Crippen LogP contribution in [0.25, 0.3) is 0 Å². The number of halogens is 2. The number of aliphatic hydroxyl groups is 2. The maximum absolute atomic E-state index is 14.1. The van der Waals surface area contributed by atoms with E-state index in [-0.39, 0.29) is 47.6 Å². The Kier molecular flexibility index (Phi) is 13.1. The van der Waals surface area contributed by atoms with Crippen molar-refractivity contribution >= 4 is 21.8 Å². The molecule has 0 unspecified atom stereocenters. The van der Waals surface area contributed by atoms with Gasteiger partial charge in [0.2, 0.25) is 10.0 Å². The largest absolute Gasteiger partial charge is 0.395 e. The first-order valence-electron chi connectivity index (χ1n) is 14.7. The minimum absolute atomic E-state index is 0.00213. The van der Waals surface area contributed by atoms with Crippen molar-refractivity contribution in [3.63, 3.8) is 0 Å². The highest BCUT2D eigenvalue weighted by molar-refractivity contribution is 7.89. The van der Waals surface area contributed by atoms with Crippen LogP contribution in [0.4, 0.5) is 8.78 Å². The van der Waals surface area contributed by atoms with Gasteiger partial charge in [-0.3, -0.25) is 9.59 Å². The zero-order chi connectivity index (χ0) is 33.1. The smallest absolute Gasteiger partial charge is 0.254 e. The average Bonchev–Trinajstić information content (AvgIpc) is 3.01. The van der Waals surface area contributed by atoms with Crippen LogP contribution in [0.1, 0.15) is 57.7 Å². The third-order valence-corrected chi connectivity index (χ3v) is 8.46. The lowest BCUT2D eigenvalue weighted by Crippen LogP contribution is -2.46. The van der Waals surface area contributed by atoms with E-state index < -0.39 is 52.2 Å². The fourth-order valence-electron chi connectivity index (χ4n) is 4.68. The van der Waals surface area contributed by atoms with Gasteiger partial charge in [0.15, 0.2) is 0 Å². The minimum Gasteiger partial charge on any atom is -0.395 e. The minimum atomic E-state index is -4.22. The molecule has 0 aromatic heterocycles. The number of hydrogen-bond acceptors (Lipinski definition) is 7. The van der Waals surface area contributed by atoms with Crippen molar-refractivity contribution in [2.45, 2.75) is 56.7 Å². The molecule has 0 saturated heterocycles. The van der Waals surface area contributed by atoms with Crippen LogP contribution in [0.5, 0.6) is 0 Å². The second-order valence-electron chi connectivity index (χ2n) is 10.7. The first-order valence-corrected chi connectivity index (χ1v) is 16.1. The molecule has 0 spiro atoms. The summed E-state index contributed by atoms with van der Waals surface area (Å²) in [5.74, 6) is -2.86. The van der Waals surface area contributed by atoms with E-state index in [0.29, 0.717) is 13.0 Å². The number of hydrogen-bond donors (Lipinski definition) is 5. The lowest BCUT2D eigenvalue weighted by molar-refractivity contribution is 0.0554. The second kappa shape index (κ2) is 16.5. The van der Waals surface area contributed by atoms with Gasteiger partial charge in [-0.2, -0.15) is 0 Å². The summed E-state index contributed by atoms with van der Waals surface area (Å²) in [6.45, 7) is 3.08. The average molecular weight is 647 g/mol. The summed E-state index contributed by atoms with van der Waals surface area (Å²) in [5.41, 5.74) is 7.97. The molecule has 0 aliphatic rings. The highest BCUT2D eigenvalue weighted by Gasteiger charge is 2.27. The van der Waals surface area contributed by atoms with Gasteiger partial charge in [0, 0.05) is 49.4 Å². The lowest BCUT2D eigenvalue weighted by atomic mass is 10.0. The van der Waals surface area contributed by atoms with E-state index in [1.165, 1.54) is 11.0 Å². The van der Waals surface area contributed by atoms with Gasteiger partial charge in [-0.25, -0.2) is 21.9 Å². The number of amides is 2. The molecular weight excluding hydrogens is 606 g/mol. The van der Waals surface area contributed by atoms with Crippen LogP contribution < -0.4 is 15.8 Å². The lowest BCUT2D eigenvalue weighted by Gasteiger charge is -2.29. The molecule has 0 bridgehead atoms. The van der Waals surface area contributed by atoms with E-state index in [0.717, 1.165) is 47.9 Å². The number of rotatable bonds is 16. The summed E-state index contributed by atoms with van der Waals surface area (Å²) in [4.78, 5) is 27.9. The molecule has 2 atom stereocenters. The third-order valence-electron chi connectivity index (χ3n) is 7.02. The Morgan fingerprint density at radius 1 is 0.933 bits per heavy atom. The van der Waals surface area contributed by atoms with E-state index in [4.69, 9.17) is 10.8 Å². The van der Waals surface area contributed by atoms with Gasteiger partial charge in [-0.15, -0.1) is 0 Å². The molecule has 0 radical (unpaired) electrons. The topological polar surface area (TPSA) is 162 Å². The molecule has 3 aromatic rings. The summed E-state index contributed by atoms with van der Waals surface area (Å²) in [5, 5.41) is 22.9. The standard InChI is InChI=1S/C32H40F2N4O6S/c1-3-8-36-31(41)24-15-25(17-28(16-24)45(43,44)37-9-10-39)32(42)38(19-22-7-5-6-21(4-2)11-22)20-30(40)29(35)14-23-12-26(33)18-27(34)13-23/h5-7,11-13,15-18,29-30,37,39-40H,3-4,8-10,14,19-20,35H2,1-2H3,(H,36,41)/t29-,30+/m0/s1. The van der Waals surface area contributed by atoms with Gasteiger partial charge in [0.25, 0.3) is 11.8 Å². The number of aliphatic hydroxyl groups excluding tert-OH is 2. The number of nitrogens with zero attached hydrogens (tertiary/aromatic N) is 1. The van der Waals surface area contributed by atoms with Crippen LogP contribution >= 0.6 is 0 Å². The predicted octanol–water partition coefficient (Wildman–Crippen LogP) is 2.51. The molecule has 3 aromatic carbocycles. The number of carbonyl (C=O) groups is 2. The van der Waals surface area contributed by atoms with Crippen molar-refractivity contribution < 1.29 is 37.0 Å². The summed E-state index contributed by atoms with van der Waals surface area (Å²) in [6, 6.07) is 12.9. The van der Waals surface area contributed by atoms with Crippen molar-refractivity contribution in [2.24, 2.45) is 5.73 Å². The van der Waals surface area contributed by atoms with Crippen molar-refractivity contribution in [3.8, 4) is 0 Å². The summed E-state index contributed by atoms with van der Waals surface area (Å²) in [6.07, 6.45) is -0.0790. The molecule has 244 valence electrons. The molecule has 0 heterocycles. The van der Waals surface area contributed by atoms with Gasteiger partial charge in [-0.05, 0) is 66.3 Å². The normalized spacial score (nSPS) is 12.9. The molecule has 45 heavy (non-hydrogen) atoms. The number of aryl methyl sites for hydroxylation is 1. The number of nitrogens with two attached hydrogens (primary N) is 1. The summed E-state index contributed by atoms with van der Waals surface area (Å²) in [7, 11) is -4.22. The number of carbonyl (C=O) groups excluding carboxylic acids is 2. The molecule has 2 amide bonds. The van der Waals surface area contributed by atoms with Crippen molar-refractivity contribution in [3.05, 3.63) is 100 Å². The van der Waals surface area contributed by atoms with E-state index in [1.807, 2.05) is 32.0 Å². The van der Waals surface area contributed by atoms with Gasteiger partial charge < -0.3 is 26.2 Å². The van der Waals surface area contributed by atoms with Gasteiger partial charge in [0.1, 0.15) is 11.6 Å². The van der Waals surface area contributed by atoms with Crippen LogP contribution in [0.2, 0.25) is 0 Å². The van der Waals surface area contributed by atoms with E-state index >= 15 is 0 Å². The zero-order valence-electron chi connectivity index (χ0n) is 25.3. The molecule has 0 aliphatic carbocycles. The summed E-state index contributed by atoms with van der Waals surface area (Å²) >= 11 is 0. The maximum Gasteiger partial charge on any atom is 0.254 e. The molecule has 0 saturated carbocycles. The maximum atomic E-state index is 14.1. The fourth-order valence-corrected chi connectivity index (χ4v) is 5.77. The zero-order valence-corrected chi connectivity index (χ0v) is 26.1. The van der Waals surface area contributed by atoms with Crippen LogP contribution in [-0.2, 0) is 29.4 Å². The first kappa shape index (κ1) is 35.7. The monoisotopic (exact) mass is 646 g/mol. The van der Waals surface area contributed by atoms with Crippen LogP contribution in [0.15, 0.2) is 65.6 Å². The van der Waals surface area contributed by atoms with Gasteiger partial charge in [-0.1, -0.05) is 38.1 Å². The fraction of sp³-hybridized carbons (Fsp3) is 0.375. The van der Waals surface area contributed by atoms with Gasteiger partial charge >= 0.3 is 0 Å². The highest BCUT2D eigenvalue weighted by Crippen LogP contribution is 2.20. The Bertz CT molecular complexity index is 1570. The van der Waals surface area contributed by atoms with Crippen molar-refractivity contribution in [1.82, 2.24) is 14.9 Å². The third kappa shape index (κ3) is 10.4. The Labute approximate surface area is 262 Å². The molecule has 13 heteroatoms. The molecule has 3 rings (SSSR count). The summed E-state index contributed by atoms with van der Waals surface area (Å²) < 4.78 is 55.7. The Hall–Kier alpha value is -3.75. The molecule has 0 aliphatic heterocycles. The number of benzene rings is 3.